The van der Waals surface area contributed by atoms with Gasteiger partial charge in [0.2, 0.25) is 0 Å². The summed E-state index contributed by atoms with van der Waals surface area (Å²) in [5, 5.41) is 6.96. The van der Waals surface area contributed by atoms with Gasteiger partial charge in [-0.3, -0.25) is 9.89 Å². The first-order valence-electron chi connectivity index (χ1n) is 11.2. The highest BCUT2D eigenvalue weighted by Gasteiger charge is 2.20. The van der Waals surface area contributed by atoms with Crippen LogP contribution in [0.1, 0.15) is 29.8 Å². The Kier molecular flexibility index (Phi) is 7.51. The first-order chi connectivity index (χ1) is 15.7. The summed E-state index contributed by atoms with van der Waals surface area (Å²) < 4.78 is 15.3. The van der Waals surface area contributed by atoms with E-state index in [1.54, 1.807) is 7.05 Å². The topological polar surface area (TPSA) is 57.5 Å². The third kappa shape index (κ3) is 6.17. The van der Waals surface area contributed by atoms with Gasteiger partial charge in [-0.15, -0.1) is 0 Å². The molecule has 2 aromatic carbocycles. The number of aromatic nitrogens is 2. The molecule has 2 N–H and O–H groups in total. The summed E-state index contributed by atoms with van der Waals surface area (Å²) in [5.74, 6) is 1.60. The fourth-order valence-electron chi connectivity index (χ4n) is 4.07. The first kappa shape index (κ1) is 22.0. The van der Waals surface area contributed by atoms with E-state index in [0.717, 1.165) is 56.4 Å². The third-order valence-corrected chi connectivity index (χ3v) is 5.88. The SMILES string of the molecule is CN=C(NCc1nccn1Cc1ccccc1)NC1CCN(Cc2ccc(F)cc2)CC1. The van der Waals surface area contributed by atoms with Crippen LogP contribution in [0, 0.1) is 5.82 Å². The van der Waals surface area contributed by atoms with Crippen LogP contribution in [0.15, 0.2) is 72.0 Å². The summed E-state index contributed by atoms with van der Waals surface area (Å²) in [6, 6.07) is 17.6. The van der Waals surface area contributed by atoms with Gasteiger partial charge < -0.3 is 15.2 Å². The number of piperidine rings is 1. The summed E-state index contributed by atoms with van der Waals surface area (Å²) in [6.45, 7) is 4.30. The van der Waals surface area contributed by atoms with Crippen LogP contribution in [0.4, 0.5) is 4.39 Å². The highest BCUT2D eigenvalue weighted by atomic mass is 19.1. The monoisotopic (exact) mass is 434 g/mol. The lowest BCUT2D eigenvalue weighted by molar-refractivity contribution is 0.198. The zero-order valence-corrected chi connectivity index (χ0v) is 18.5. The van der Waals surface area contributed by atoms with Gasteiger partial charge >= 0.3 is 0 Å². The van der Waals surface area contributed by atoms with Gasteiger partial charge in [0.15, 0.2) is 5.96 Å². The van der Waals surface area contributed by atoms with Crippen molar-refractivity contribution in [2.45, 2.75) is 38.5 Å². The Labute approximate surface area is 189 Å². The number of likely N-dealkylation sites (tertiary alicyclic amines) is 1. The molecular formula is C25H31FN6. The summed E-state index contributed by atoms with van der Waals surface area (Å²) in [4.78, 5) is 11.3. The highest BCUT2D eigenvalue weighted by Crippen LogP contribution is 2.14. The predicted octanol–water partition coefficient (Wildman–Crippen LogP) is 3.40. The quantitative estimate of drug-likeness (QED) is 0.442. The third-order valence-electron chi connectivity index (χ3n) is 5.88. The van der Waals surface area contributed by atoms with E-state index in [0.29, 0.717) is 12.6 Å². The van der Waals surface area contributed by atoms with Crippen molar-refractivity contribution >= 4 is 5.96 Å². The van der Waals surface area contributed by atoms with Gasteiger partial charge in [-0.05, 0) is 36.1 Å². The molecule has 0 amide bonds. The maximum absolute atomic E-state index is 13.1. The van der Waals surface area contributed by atoms with Crippen molar-refractivity contribution in [1.82, 2.24) is 25.1 Å². The number of benzene rings is 2. The van der Waals surface area contributed by atoms with Crippen molar-refractivity contribution in [3.8, 4) is 0 Å². The van der Waals surface area contributed by atoms with Crippen LogP contribution in [0.5, 0.6) is 0 Å². The van der Waals surface area contributed by atoms with Crippen molar-refractivity contribution in [2.75, 3.05) is 20.1 Å². The fourth-order valence-corrected chi connectivity index (χ4v) is 4.07. The Morgan fingerprint density at radius 2 is 1.75 bits per heavy atom. The van der Waals surface area contributed by atoms with Gasteiger partial charge in [-0.1, -0.05) is 42.5 Å². The summed E-state index contributed by atoms with van der Waals surface area (Å²) >= 11 is 0. The van der Waals surface area contributed by atoms with E-state index in [1.807, 2.05) is 30.6 Å². The van der Waals surface area contributed by atoms with Crippen LogP contribution < -0.4 is 10.6 Å². The molecule has 1 aliphatic rings. The molecule has 1 aromatic heterocycles. The van der Waals surface area contributed by atoms with Gasteiger partial charge in [0.1, 0.15) is 11.6 Å². The average Bonchev–Trinajstić information content (AvgIpc) is 3.26. The van der Waals surface area contributed by atoms with E-state index in [9.17, 15) is 4.39 Å². The summed E-state index contributed by atoms with van der Waals surface area (Å²) in [5.41, 5.74) is 2.41. The number of halogens is 1. The van der Waals surface area contributed by atoms with Crippen LogP contribution in [-0.2, 0) is 19.6 Å². The van der Waals surface area contributed by atoms with Crippen molar-refractivity contribution in [1.29, 1.82) is 0 Å². The van der Waals surface area contributed by atoms with Crippen molar-refractivity contribution < 1.29 is 4.39 Å². The molecule has 0 aliphatic carbocycles. The summed E-state index contributed by atoms with van der Waals surface area (Å²) in [6.07, 6.45) is 5.94. The van der Waals surface area contributed by atoms with E-state index < -0.39 is 0 Å². The second kappa shape index (κ2) is 10.9. The number of aliphatic imine (C=N–C) groups is 1. The Hall–Kier alpha value is -3.19. The molecule has 1 fully saturated rings. The zero-order chi connectivity index (χ0) is 22.2. The van der Waals surface area contributed by atoms with Gasteiger partial charge in [0.25, 0.3) is 0 Å². The second-order valence-electron chi connectivity index (χ2n) is 8.20. The average molecular weight is 435 g/mol. The van der Waals surface area contributed by atoms with Gasteiger partial charge in [0, 0.05) is 51.7 Å². The molecule has 32 heavy (non-hydrogen) atoms. The number of nitrogens with zero attached hydrogens (tertiary/aromatic N) is 4. The lowest BCUT2D eigenvalue weighted by Gasteiger charge is -2.33. The number of nitrogens with one attached hydrogen (secondary N) is 2. The van der Waals surface area contributed by atoms with Crippen molar-refractivity contribution in [3.05, 3.63) is 89.8 Å². The number of guanidine groups is 1. The highest BCUT2D eigenvalue weighted by molar-refractivity contribution is 5.79. The van der Waals surface area contributed by atoms with Gasteiger partial charge in [0.05, 0.1) is 6.54 Å². The van der Waals surface area contributed by atoms with Gasteiger partial charge in [-0.25, -0.2) is 9.37 Å². The molecule has 0 radical (unpaired) electrons. The molecule has 0 bridgehead atoms. The minimum absolute atomic E-state index is 0.182. The minimum atomic E-state index is -0.182. The molecule has 3 aromatic rings. The maximum Gasteiger partial charge on any atom is 0.191 e. The molecule has 1 saturated heterocycles. The molecule has 168 valence electrons. The van der Waals surface area contributed by atoms with Crippen LogP contribution in [-0.4, -0.2) is 46.6 Å². The molecule has 6 nitrogen and oxygen atoms in total. The molecule has 4 rings (SSSR count). The van der Waals surface area contributed by atoms with Crippen LogP contribution in [0.2, 0.25) is 0 Å². The van der Waals surface area contributed by atoms with E-state index >= 15 is 0 Å². The molecule has 7 heteroatoms. The molecular weight excluding hydrogens is 403 g/mol. The predicted molar refractivity (Wildman–Crippen MR) is 126 cm³/mol. The van der Waals surface area contributed by atoms with Crippen molar-refractivity contribution in [3.63, 3.8) is 0 Å². The van der Waals surface area contributed by atoms with E-state index in [2.05, 4.69) is 54.3 Å². The van der Waals surface area contributed by atoms with E-state index in [1.165, 1.54) is 17.7 Å². The lowest BCUT2D eigenvalue weighted by atomic mass is 10.0. The Morgan fingerprint density at radius 1 is 1.03 bits per heavy atom. The van der Waals surface area contributed by atoms with E-state index in [-0.39, 0.29) is 5.82 Å². The smallest absolute Gasteiger partial charge is 0.191 e. The number of rotatable bonds is 7. The van der Waals surface area contributed by atoms with Crippen LogP contribution in [0.3, 0.4) is 0 Å². The van der Waals surface area contributed by atoms with Crippen LogP contribution >= 0.6 is 0 Å². The Balaban J connectivity index is 1.23. The van der Waals surface area contributed by atoms with Crippen molar-refractivity contribution in [2.24, 2.45) is 4.99 Å². The molecule has 0 spiro atoms. The largest absolute Gasteiger partial charge is 0.354 e. The Bertz CT molecular complexity index is 991. The standard InChI is InChI=1S/C25H31FN6/c1-27-25(29-17-24-28-13-16-32(24)19-20-5-3-2-4-6-20)30-23-11-14-31(15-12-23)18-21-7-9-22(26)10-8-21/h2-10,13,16,23H,11-12,14-15,17-19H2,1H3,(H2,27,29,30). The number of hydrogen-bond donors (Lipinski definition) is 2. The molecule has 0 unspecified atom stereocenters. The Morgan fingerprint density at radius 3 is 2.47 bits per heavy atom. The maximum atomic E-state index is 13.1. The first-order valence-corrected chi connectivity index (χ1v) is 11.2. The molecule has 0 saturated carbocycles. The van der Waals surface area contributed by atoms with Gasteiger partial charge in [-0.2, -0.15) is 0 Å². The van der Waals surface area contributed by atoms with Crippen LogP contribution in [0.25, 0.3) is 0 Å². The fraction of sp³-hybridized carbons (Fsp3) is 0.360. The lowest BCUT2D eigenvalue weighted by Crippen LogP contribution is -2.48. The molecule has 2 heterocycles. The second-order valence-corrected chi connectivity index (χ2v) is 8.20. The van der Waals surface area contributed by atoms with E-state index in [4.69, 9.17) is 0 Å². The number of hydrogen-bond acceptors (Lipinski definition) is 3. The number of imidazole rings is 1. The normalized spacial score (nSPS) is 15.6. The molecule has 1 aliphatic heterocycles. The minimum Gasteiger partial charge on any atom is -0.354 e. The summed E-state index contributed by atoms with van der Waals surface area (Å²) in [7, 11) is 1.80. The zero-order valence-electron chi connectivity index (χ0n) is 18.5. The molecule has 0 atom stereocenters.